The van der Waals surface area contributed by atoms with E-state index in [1.165, 1.54) is 29.9 Å². The van der Waals surface area contributed by atoms with Crippen LogP contribution in [0.15, 0.2) is 22.7 Å². The molecule has 1 atom stereocenters. The zero-order valence-electron chi connectivity index (χ0n) is 11.9. The molecular formula is C16H20Br2O2S. The van der Waals surface area contributed by atoms with Gasteiger partial charge in [0.25, 0.3) is 0 Å². The Hall–Kier alpha value is 0.290. The van der Waals surface area contributed by atoms with Crippen LogP contribution in [-0.4, -0.2) is 29.8 Å². The molecule has 0 radical (unpaired) electrons. The van der Waals surface area contributed by atoms with E-state index in [-0.39, 0.29) is 11.7 Å². The lowest BCUT2D eigenvalue weighted by atomic mass is 9.86. The quantitative estimate of drug-likeness (QED) is 0.610. The summed E-state index contributed by atoms with van der Waals surface area (Å²) in [7, 11) is 0. The number of hydrogen-bond acceptors (Lipinski definition) is 3. The predicted octanol–water partition coefficient (Wildman–Crippen LogP) is 5.17. The maximum Gasteiger partial charge on any atom is 0.133 e. The van der Waals surface area contributed by atoms with Gasteiger partial charge in [-0.15, -0.1) is 0 Å². The number of ether oxygens (including phenoxy) is 2. The van der Waals surface area contributed by atoms with Gasteiger partial charge in [0.2, 0.25) is 0 Å². The first-order valence-corrected chi connectivity index (χ1v) is 10.5. The minimum absolute atomic E-state index is 0.0798. The van der Waals surface area contributed by atoms with Crippen molar-refractivity contribution >= 4 is 43.6 Å². The molecule has 0 bridgehead atoms. The second-order valence-corrected chi connectivity index (χ2v) is 8.41. The molecule has 2 fully saturated rings. The molecule has 1 aromatic rings. The van der Waals surface area contributed by atoms with Crippen LogP contribution in [0.5, 0.6) is 5.75 Å². The SMILES string of the molecule is BrCc1ccc(OC2CCOC3(CCSCC3)C2)c(Br)c1. The molecule has 0 aliphatic carbocycles. The van der Waals surface area contributed by atoms with Gasteiger partial charge in [0.05, 0.1) is 16.7 Å². The van der Waals surface area contributed by atoms with Gasteiger partial charge in [0.15, 0.2) is 0 Å². The smallest absolute Gasteiger partial charge is 0.133 e. The van der Waals surface area contributed by atoms with Gasteiger partial charge in [-0.25, -0.2) is 0 Å². The summed E-state index contributed by atoms with van der Waals surface area (Å²) in [6, 6.07) is 6.30. The lowest BCUT2D eigenvalue weighted by Crippen LogP contribution is -2.46. The molecule has 2 saturated heterocycles. The van der Waals surface area contributed by atoms with Gasteiger partial charge in [-0.05, 0) is 58.0 Å². The molecule has 0 amide bonds. The third-order valence-corrected chi connectivity index (χ3v) is 6.55. The Kier molecular flexibility index (Phi) is 5.57. The van der Waals surface area contributed by atoms with E-state index >= 15 is 0 Å². The molecule has 1 spiro atoms. The molecule has 0 saturated carbocycles. The summed E-state index contributed by atoms with van der Waals surface area (Å²) in [6.45, 7) is 0.826. The average Bonchev–Trinajstić information content (AvgIpc) is 2.50. The third-order valence-electron chi connectivity index (χ3n) is 4.30. The first-order valence-electron chi connectivity index (χ1n) is 7.43. The second-order valence-electron chi connectivity index (χ2n) is 5.77. The minimum atomic E-state index is 0.0798. The zero-order valence-corrected chi connectivity index (χ0v) is 15.9. The summed E-state index contributed by atoms with van der Waals surface area (Å²) in [5, 5.41) is 0.865. The summed E-state index contributed by atoms with van der Waals surface area (Å²) in [5.74, 6) is 3.39. The van der Waals surface area contributed by atoms with Crippen LogP contribution in [0.3, 0.4) is 0 Å². The third kappa shape index (κ3) is 3.98. The monoisotopic (exact) mass is 434 g/mol. The molecule has 21 heavy (non-hydrogen) atoms. The van der Waals surface area contributed by atoms with Gasteiger partial charge in [-0.1, -0.05) is 22.0 Å². The van der Waals surface area contributed by atoms with Crippen LogP contribution in [0.25, 0.3) is 0 Å². The average molecular weight is 436 g/mol. The van der Waals surface area contributed by atoms with Crippen LogP contribution in [0.1, 0.15) is 31.2 Å². The second kappa shape index (κ2) is 7.24. The Bertz CT molecular complexity index is 484. The van der Waals surface area contributed by atoms with Crippen molar-refractivity contribution in [1.82, 2.24) is 0 Å². The number of thioether (sulfide) groups is 1. The van der Waals surface area contributed by atoms with Crippen LogP contribution in [0.4, 0.5) is 0 Å². The molecule has 116 valence electrons. The maximum atomic E-state index is 6.26. The normalized spacial score (nSPS) is 25.0. The highest BCUT2D eigenvalue weighted by atomic mass is 79.9. The highest BCUT2D eigenvalue weighted by molar-refractivity contribution is 9.10. The number of hydrogen-bond donors (Lipinski definition) is 0. The first kappa shape index (κ1) is 16.2. The van der Waals surface area contributed by atoms with Crippen molar-refractivity contribution < 1.29 is 9.47 Å². The van der Waals surface area contributed by atoms with Crippen molar-refractivity contribution in [3.8, 4) is 5.75 Å². The number of rotatable bonds is 3. The standard InChI is InChI=1S/C16H20Br2O2S/c17-11-12-1-2-15(14(18)9-12)20-13-3-6-19-16(10-13)4-7-21-8-5-16/h1-2,9,13H,3-8,10-11H2. The van der Waals surface area contributed by atoms with Crippen molar-refractivity contribution in [1.29, 1.82) is 0 Å². The van der Waals surface area contributed by atoms with E-state index in [1.54, 1.807) is 0 Å². The topological polar surface area (TPSA) is 18.5 Å². The Morgan fingerprint density at radius 3 is 2.86 bits per heavy atom. The molecule has 2 aliphatic rings. The van der Waals surface area contributed by atoms with E-state index in [2.05, 4.69) is 50.1 Å². The summed E-state index contributed by atoms with van der Waals surface area (Å²) in [5.41, 5.74) is 1.33. The molecular weight excluding hydrogens is 416 g/mol. The van der Waals surface area contributed by atoms with Crippen LogP contribution in [0.2, 0.25) is 0 Å². The Morgan fingerprint density at radius 1 is 1.33 bits per heavy atom. The van der Waals surface area contributed by atoms with E-state index in [4.69, 9.17) is 9.47 Å². The van der Waals surface area contributed by atoms with Crippen LogP contribution < -0.4 is 4.74 Å². The first-order chi connectivity index (χ1) is 10.2. The van der Waals surface area contributed by atoms with Gasteiger partial charge in [-0.3, -0.25) is 0 Å². The fourth-order valence-electron chi connectivity index (χ4n) is 3.08. The lowest BCUT2D eigenvalue weighted by Gasteiger charge is -2.43. The van der Waals surface area contributed by atoms with Crippen molar-refractivity contribution in [2.75, 3.05) is 18.1 Å². The van der Waals surface area contributed by atoms with Crippen LogP contribution in [-0.2, 0) is 10.1 Å². The Balaban J connectivity index is 1.67. The summed E-state index contributed by atoms with van der Waals surface area (Å²) >= 11 is 9.15. The van der Waals surface area contributed by atoms with E-state index in [0.717, 1.165) is 35.0 Å². The highest BCUT2D eigenvalue weighted by Gasteiger charge is 2.39. The number of alkyl halides is 1. The van der Waals surface area contributed by atoms with Gasteiger partial charge >= 0.3 is 0 Å². The number of benzene rings is 1. The van der Waals surface area contributed by atoms with E-state index in [0.29, 0.717) is 0 Å². The van der Waals surface area contributed by atoms with Gasteiger partial charge in [0.1, 0.15) is 11.9 Å². The summed E-state index contributed by atoms with van der Waals surface area (Å²) in [6.07, 6.45) is 4.62. The maximum absolute atomic E-state index is 6.26. The van der Waals surface area contributed by atoms with Gasteiger partial charge in [0, 0.05) is 18.2 Å². The lowest BCUT2D eigenvalue weighted by molar-refractivity contribution is -0.116. The van der Waals surface area contributed by atoms with E-state index in [1.807, 2.05) is 11.8 Å². The molecule has 1 aromatic carbocycles. The van der Waals surface area contributed by atoms with E-state index in [9.17, 15) is 0 Å². The van der Waals surface area contributed by atoms with Crippen molar-refractivity contribution in [3.63, 3.8) is 0 Å². The van der Waals surface area contributed by atoms with Crippen molar-refractivity contribution in [2.24, 2.45) is 0 Å². The molecule has 2 nitrogen and oxygen atoms in total. The fraction of sp³-hybridized carbons (Fsp3) is 0.625. The highest BCUT2D eigenvalue weighted by Crippen LogP contribution is 2.39. The molecule has 1 unspecified atom stereocenters. The summed E-state index contributed by atoms with van der Waals surface area (Å²) in [4.78, 5) is 0. The fourth-order valence-corrected chi connectivity index (χ4v) is 5.18. The zero-order chi connectivity index (χ0) is 14.7. The molecule has 3 rings (SSSR count). The van der Waals surface area contributed by atoms with Crippen molar-refractivity contribution in [3.05, 3.63) is 28.2 Å². The number of halogens is 2. The van der Waals surface area contributed by atoms with Crippen LogP contribution >= 0.6 is 43.6 Å². The molecule has 2 aliphatic heterocycles. The largest absolute Gasteiger partial charge is 0.489 e. The minimum Gasteiger partial charge on any atom is -0.489 e. The predicted molar refractivity (Wildman–Crippen MR) is 95.7 cm³/mol. The van der Waals surface area contributed by atoms with Crippen molar-refractivity contribution in [2.45, 2.75) is 42.7 Å². The Labute approximate surface area is 147 Å². The van der Waals surface area contributed by atoms with Gasteiger partial charge in [-0.2, -0.15) is 11.8 Å². The van der Waals surface area contributed by atoms with Crippen LogP contribution in [0, 0.1) is 0 Å². The molecule has 0 aromatic heterocycles. The summed E-state index contributed by atoms with van der Waals surface area (Å²) < 4.78 is 13.4. The molecule has 0 N–H and O–H groups in total. The van der Waals surface area contributed by atoms with E-state index < -0.39 is 0 Å². The van der Waals surface area contributed by atoms with Gasteiger partial charge < -0.3 is 9.47 Å². The Morgan fingerprint density at radius 2 is 2.14 bits per heavy atom. The molecule has 2 heterocycles. The molecule has 5 heteroatoms.